The van der Waals surface area contributed by atoms with Crippen molar-refractivity contribution >= 4 is 39.2 Å². The predicted octanol–water partition coefficient (Wildman–Crippen LogP) is 5.06. The smallest absolute Gasteiger partial charge is 0.322 e. The molecule has 1 aliphatic rings. The molecule has 0 aliphatic carbocycles. The third kappa shape index (κ3) is 4.20. The number of rotatable bonds is 3. The van der Waals surface area contributed by atoms with Gasteiger partial charge in [0.15, 0.2) is 0 Å². The maximum atomic E-state index is 13.3. The molecule has 3 amide bonds. The highest BCUT2D eigenvalue weighted by molar-refractivity contribution is 7.21. The Bertz CT molecular complexity index is 1240. The summed E-state index contributed by atoms with van der Waals surface area (Å²) in [6.45, 7) is 0.871. The largest absolute Gasteiger partial charge is 0.354 e. The van der Waals surface area contributed by atoms with Gasteiger partial charge < -0.3 is 15.5 Å². The minimum Gasteiger partial charge on any atom is -0.354 e. The van der Waals surface area contributed by atoms with Crippen LogP contribution in [0.5, 0.6) is 0 Å². The first-order valence-corrected chi connectivity index (χ1v) is 11.3. The molecule has 6 nitrogen and oxygen atoms in total. The van der Waals surface area contributed by atoms with Crippen molar-refractivity contribution in [3.05, 3.63) is 84.4 Å². The van der Waals surface area contributed by atoms with E-state index in [9.17, 15) is 9.59 Å². The fourth-order valence-corrected chi connectivity index (χ4v) is 4.93. The van der Waals surface area contributed by atoms with Crippen LogP contribution in [0.4, 0.5) is 10.5 Å². The van der Waals surface area contributed by atoms with Crippen LogP contribution in [0.15, 0.2) is 78.9 Å². The summed E-state index contributed by atoms with van der Waals surface area (Å²) in [6, 6.07) is 24.9. The first kappa shape index (κ1) is 20.2. The maximum Gasteiger partial charge on any atom is 0.322 e. The van der Waals surface area contributed by atoms with Crippen molar-refractivity contribution in [2.75, 3.05) is 18.4 Å². The first-order chi connectivity index (χ1) is 15.7. The van der Waals surface area contributed by atoms with Crippen LogP contribution in [-0.2, 0) is 4.79 Å². The maximum absolute atomic E-state index is 13.3. The third-order valence-electron chi connectivity index (χ3n) is 5.53. The third-order valence-corrected chi connectivity index (χ3v) is 6.62. The molecule has 1 aromatic heterocycles. The molecule has 1 unspecified atom stereocenters. The topological polar surface area (TPSA) is 74.3 Å². The van der Waals surface area contributed by atoms with E-state index < -0.39 is 0 Å². The van der Waals surface area contributed by atoms with Crippen molar-refractivity contribution in [2.24, 2.45) is 0 Å². The number of hydrogen-bond donors (Lipinski definition) is 2. The van der Waals surface area contributed by atoms with Crippen LogP contribution in [0.25, 0.3) is 20.8 Å². The minimum absolute atomic E-state index is 0.0491. The lowest BCUT2D eigenvalue weighted by Gasteiger charge is -2.29. The Kier molecular flexibility index (Phi) is 5.56. The van der Waals surface area contributed by atoms with Crippen LogP contribution < -0.4 is 10.6 Å². The summed E-state index contributed by atoms with van der Waals surface area (Å²) in [5, 5.41) is 6.80. The molecule has 1 aliphatic heterocycles. The van der Waals surface area contributed by atoms with Crippen molar-refractivity contribution in [3.63, 3.8) is 0 Å². The van der Waals surface area contributed by atoms with Crippen LogP contribution >= 0.6 is 11.3 Å². The van der Waals surface area contributed by atoms with Crippen LogP contribution in [0.2, 0.25) is 0 Å². The van der Waals surface area contributed by atoms with E-state index in [2.05, 4.69) is 16.7 Å². The monoisotopic (exact) mass is 442 g/mol. The summed E-state index contributed by atoms with van der Waals surface area (Å²) in [5.74, 6) is -0.0491. The lowest BCUT2D eigenvalue weighted by molar-refractivity contribution is -0.121. The van der Waals surface area contributed by atoms with Gasteiger partial charge in [-0.1, -0.05) is 54.6 Å². The zero-order chi connectivity index (χ0) is 21.9. The highest BCUT2D eigenvalue weighted by atomic mass is 32.1. The number of aromatic nitrogens is 1. The molecular formula is C25H22N4O2S. The van der Waals surface area contributed by atoms with Gasteiger partial charge in [0.25, 0.3) is 0 Å². The molecule has 1 atom stereocenters. The SMILES string of the molecule is O=C1CC(c2ccccc2)N(C(=O)Nc2cccc(-c3nc4ccccc4s3)c2)CCN1. The van der Waals surface area contributed by atoms with E-state index in [4.69, 9.17) is 4.98 Å². The molecule has 0 bridgehead atoms. The fourth-order valence-electron chi connectivity index (χ4n) is 3.97. The Morgan fingerprint density at radius 3 is 2.69 bits per heavy atom. The fraction of sp³-hybridized carbons (Fsp3) is 0.160. The molecule has 1 saturated heterocycles. The number of para-hydroxylation sites is 1. The Hall–Kier alpha value is -3.71. The molecule has 160 valence electrons. The van der Waals surface area contributed by atoms with E-state index in [1.807, 2.05) is 72.8 Å². The Balaban J connectivity index is 1.40. The number of carbonyl (C=O) groups is 2. The first-order valence-electron chi connectivity index (χ1n) is 10.5. The van der Waals surface area contributed by atoms with Gasteiger partial charge in [-0.25, -0.2) is 9.78 Å². The molecular weight excluding hydrogens is 420 g/mol. The van der Waals surface area contributed by atoms with Gasteiger partial charge >= 0.3 is 6.03 Å². The number of anilines is 1. The summed E-state index contributed by atoms with van der Waals surface area (Å²) in [4.78, 5) is 31.9. The summed E-state index contributed by atoms with van der Waals surface area (Å²) in [6.07, 6.45) is 0.239. The number of carbonyl (C=O) groups excluding carboxylic acids is 2. The van der Waals surface area contributed by atoms with Gasteiger partial charge in [-0.2, -0.15) is 0 Å². The van der Waals surface area contributed by atoms with E-state index in [1.54, 1.807) is 16.2 Å². The van der Waals surface area contributed by atoms with E-state index in [1.165, 1.54) is 0 Å². The summed E-state index contributed by atoms with van der Waals surface area (Å²) in [5.41, 5.74) is 3.57. The van der Waals surface area contributed by atoms with Gasteiger partial charge in [-0.15, -0.1) is 11.3 Å². The summed E-state index contributed by atoms with van der Waals surface area (Å²) < 4.78 is 1.13. The number of urea groups is 1. The Morgan fingerprint density at radius 1 is 1.03 bits per heavy atom. The van der Waals surface area contributed by atoms with Gasteiger partial charge in [0.1, 0.15) is 5.01 Å². The van der Waals surface area contributed by atoms with Gasteiger partial charge in [0.05, 0.1) is 22.7 Å². The molecule has 7 heteroatoms. The average molecular weight is 443 g/mol. The molecule has 32 heavy (non-hydrogen) atoms. The normalized spacial score (nSPS) is 16.4. The van der Waals surface area contributed by atoms with Crippen LogP contribution in [0, 0.1) is 0 Å². The molecule has 5 rings (SSSR count). The summed E-state index contributed by atoms with van der Waals surface area (Å²) in [7, 11) is 0. The standard InChI is InChI=1S/C25H22N4O2S/c30-23-16-21(17-7-2-1-3-8-17)29(14-13-26-23)25(31)27-19-10-6-9-18(15-19)24-28-20-11-4-5-12-22(20)32-24/h1-12,15,21H,13-14,16H2,(H,26,30)(H,27,31). The number of benzene rings is 3. The minimum atomic E-state index is -0.314. The summed E-state index contributed by atoms with van der Waals surface area (Å²) >= 11 is 1.63. The van der Waals surface area contributed by atoms with Crippen molar-refractivity contribution in [2.45, 2.75) is 12.5 Å². The zero-order valence-corrected chi connectivity index (χ0v) is 18.1. The second-order valence-corrected chi connectivity index (χ2v) is 8.70. The molecule has 1 fully saturated rings. The van der Waals surface area contributed by atoms with Crippen LogP contribution in [0.3, 0.4) is 0 Å². The van der Waals surface area contributed by atoms with Gasteiger partial charge in [-0.05, 0) is 29.8 Å². The molecule has 4 aromatic rings. The second kappa shape index (κ2) is 8.80. The number of thiazole rings is 1. The molecule has 2 N–H and O–H groups in total. The van der Waals surface area contributed by atoms with Crippen molar-refractivity contribution in [1.29, 1.82) is 0 Å². The number of hydrogen-bond acceptors (Lipinski definition) is 4. The van der Waals surface area contributed by atoms with Crippen LogP contribution in [0.1, 0.15) is 18.0 Å². The molecule has 0 radical (unpaired) electrons. The molecule has 0 saturated carbocycles. The average Bonchev–Trinajstić information content (AvgIpc) is 3.16. The quantitative estimate of drug-likeness (QED) is 0.466. The number of nitrogens with one attached hydrogen (secondary N) is 2. The van der Waals surface area contributed by atoms with Gasteiger partial charge in [0, 0.05) is 24.3 Å². The second-order valence-electron chi connectivity index (χ2n) is 7.67. The van der Waals surface area contributed by atoms with Crippen molar-refractivity contribution in [1.82, 2.24) is 15.2 Å². The van der Waals surface area contributed by atoms with Gasteiger partial charge in [-0.3, -0.25) is 4.79 Å². The zero-order valence-electron chi connectivity index (χ0n) is 17.3. The Morgan fingerprint density at radius 2 is 1.84 bits per heavy atom. The van der Waals surface area contributed by atoms with E-state index in [0.717, 1.165) is 26.4 Å². The number of nitrogens with zero attached hydrogens (tertiary/aromatic N) is 2. The highest BCUT2D eigenvalue weighted by Crippen LogP contribution is 2.32. The van der Waals surface area contributed by atoms with E-state index >= 15 is 0 Å². The molecule has 2 heterocycles. The van der Waals surface area contributed by atoms with E-state index in [-0.39, 0.29) is 24.4 Å². The van der Waals surface area contributed by atoms with Crippen LogP contribution in [-0.4, -0.2) is 34.9 Å². The molecule has 0 spiro atoms. The highest BCUT2D eigenvalue weighted by Gasteiger charge is 2.29. The number of amides is 3. The van der Waals surface area contributed by atoms with Crippen molar-refractivity contribution < 1.29 is 9.59 Å². The lowest BCUT2D eigenvalue weighted by Crippen LogP contribution is -2.39. The van der Waals surface area contributed by atoms with Gasteiger partial charge in [0.2, 0.25) is 5.91 Å². The van der Waals surface area contributed by atoms with E-state index in [0.29, 0.717) is 18.8 Å². The number of fused-ring (bicyclic) bond motifs is 1. The molecule has 3 aromatic carbocycles. The predicted molar refractivity (Wildman–Crippen MR) is 128 cm³/mol. The van der Waals surface area contributed by atoms with Crippen molar-refractivity contribution in [3.8, 4) is 10.6 Å². The lowest BCUT2D eigenvalue weighted by atomic mass is 10.0. The Labute approximate surface area is 189 Å².